The maximum atomic E-state index is 13.0. The van der Waals surface area contributed by atoms with E-state index in [9.17, 15) is 4.79 Å². The van der Waals surface area contributed by atoms with E-state index in [4.69, 9.17) is 5.26 Å². The molecule has 4 heteroatoms. The Kier molecular flexibility index (Phi) is 5.78. The van der Waals surface area contributed by atoms with E-state index < -0.39 is 0 Å². The van der Waals surface area contributed by atoms with Gasteiger partial charge in [-0.05, 0) is 72.7 Å². The number of hydrogen-bond donors (Lipinski definition) is 0. The minimum absolute atomic E-state index is 0.0393. The van der Waals surface area contributed by atoms with E-state index in [2.05, 4.69) is 28.7 Å². The number of rotatable bonds is 4. The Morgan fingerprint density at radius 1 is 1.26 bits per heavy atom. The van der Waals surface area contributed by atoms with Gasteiger partial charge < -0.3 is 4.90 Å². The lowest BCUT2D eigenvalue weighted by atomic mass is 10.0. The molecule has 0 N–H and O–H groups in total. The van der Waals surface area contributed by atoms with Gasteiger partial charge in [-0.15, -0.1) is 0 Å². The summed E-state index contributed by atoms with van der Waals surface area (Å²) in [6.07, 6.45) is 0. The summed E-state index contributed by atoms with van der Waals surface area (Å²) in [6.45, 7) is 6.65. The number of carbonyl (C=O) groups excluding carboxylic acids is 1. The van der Waals surface area contributed by atoms with Crippen molar-refractivity contribution in [1.82, 2.24) is 4.90 Å². The normalized spacial score (nSPS) is 11.6. The van der Waals surface area contributed by atoms with Crippen molar-refractivity contribution in [2.24, 2.45) is 0 Å². The zero-order chi connectivity index (χ0) is 17.0. The van der Waals surface area contributed by atoms with Crippen LogP contribution in [0.1, 0.15) is 46.9 Å². The molecule has 0 aliphatic carbocycles. The number of aryl methyl sites for hydroxylation is 1. The minimum Gasteiger partial charge on any atom is -0.332 e. The molecule has 0 bridgehead atoms. The van der Waals surface area contributed by atoms with Crippen LogP contribution >= 0.6 is 22.6 Å². The molecule has 1 atom stereocenters. The molecule has 0 saturated carbocycles. The Balaban J connectivity index is 2.32. The summed E-state index contributed by atoms with van der Waals surface area (Å²) in [5.74, 6) is 0.0393. The molecule has 0 fully saturated rings. The highest BCUT2D eigenvalue weighted by molar-refractivity contribution is 14.1. The fraction of sp³-hybridized carbons (Fsp3) is 0.263. The van der Waals surface area contributed by atoms with Gasteiger partial charge in [-0.3, -0.25) is 4.79 Å². The zero-order valence-corrected chi connectivity index (χ0v) is 15.7. The number of benzene rings is 2. The van der Waals surface area contributed by atoms with E-state index in [1.807, 2.05) is 56.0 Å². The van der Waals surface area contributed by atoms with E-state index in [1.54, 1.807) is 12.1 Å². The van der Waals surface area contributed by atoms with Gasteiger partial charge in [0.05, 0.1) is 23.2 Å². The first-order chi connectivity index (χ1) is 11.0. The van der Waals surface area contributed by atoms with Crippen LogP contribution in [0.3, 0.4) is 0 Å². The number of hydrogen-bond acceptors (Lipinski definition) is 2. The van der Waals surface area contributed by atoms with Gasteiger partial charge in [0.15, 0.2) is 0 Å². The largest absolute Gasteiger partial charge is 0.332 e. The van der Waals surface area contributed by atoms with Gasteiger partial charge in [-0.25, -0.2) is 0 Å². The van der Waals surface area contributed by atoms with Crippen LogP contribution in [0.4, 0.5) is 0 Å². The summed E-state index contributed by atoms with van der Waals surface area (Å²) in [5, 5.41) is 8.90. The molecule has 0 radical (unpaired) electrons. The number of amides is 1. The first-order valence-electron chi connectivity index (χ1n) is 7.55. The molecule has 1 unspecified atom stereocenters. The molecule has 0 spiro atoms. The molecule has 0 aliphatic heterocycles. The van der Waals surface area contributed by atoms with E-state index in [0.717, 1.165) is 20.3 Å². The minimum atomic E-state index is -0.0449. The van der Waals surface area contributed by atoms with Crippen LogP contribution in [0.15, 0.2) is 42.5 Å². The predicted molar refractivity (Wildman–Crippen MR) is 100 cm³/mol. The fourth-order valence-corrected chi connectivity index (χ4v) is 3.17. The molecule has 0 aliphatic rings. The predicted octanol–water partition coefficient (Wildman–Crippen LogP) is 4.69. The van der Waals surface area contributed by atoms with E-state index in [-0.39, 0.29) is 11.9 Å². The van der Waals surface area contributed by atoms with Crippen molar-refractivity contribution in [1.29, 1.82) is 5.26 Å². The van der Waals surface area contributed by atoms with Crippen LogP contribution in [0.25, 0.3) is 0 Å². The quantitative estimate of drug-likeness (QED) is 0.676. The molecule has 23 heavy (non-hydrogen) atoms. The number of nitrogens with zero attached hydrogens (tertiary/aromatic N) is 2. The summed E-state index contributed by atoms with van der Waals surface area (Å²) in [7, 11) is 0. The van der Waals surface area contributed by atoms with Gasteiger partial charge in [0.2, 0.25) is 0 Å². The second kappa shape index (κ2) is 7.60. The molecule has 2 rings (SSSR count). The Bertz CT molecular complexity index is 747. The lowest BCUT2D eigenvalue weighted by Gasteiger charge is -2.29. The third-order valence-electron chi connectivity index (χ3n) is 4.01. The van der Waals surface area contributed by atoms with Crippen molar-refractivity contribution < 1.29 is 4.79 Å². The molecular weight excluding hydrogens is 399 g/mol. The summed E-state index contributed by atoms with van der Waals surface area (Å²) in [5.41, 5.74) is 3.51. The monoisotopic (exact) mass is 418 g/mol. The van der Waals surface area contributed by atoms with Crippen LogP contribution < -0.4 is 0 Å². The van der Waals surface area contributed by atoms with Crippen molar-refractivity contribution in [3.63, 3.8) is 0 Å². The molecular formula is C19H19IN2O. The van der Waals surface area contributed by atoms with Gasteiger partial charge >= 0.3 is 0 Å². The topological polar surface area (TPSA) is 44.1 Å². The highest BCUT2D eigenvalue weighted by Crippen LogP contribution is 2.25. The van der Waals surface area contributed by atoms with E-state index in [1.165, 1.54) is 0 Å². The van der Waals surface area contributed by atoms with Crippen LogP contribution in [0, 0.1) is 21.8 Å². The van der Waals surface area contributed by atoms with Crippen LogP contribution in [-0.4, -0.2) is 17.4 Å². The summed E-state index contributed by atoms with van der Waals surface area (Å²) >= 11 is 2.23. The summed E-state index contributed by atoms with van der Waals surface area (Å²) in [4.78, 5) is 14.8. The van der Waals surface area contributed by atoms with Crippen molar-refractivity contribution in [3.05, 3.63) is 68.3 Å². The smallest absolute Gasteiger partial charge is 0.255 e. The standard InChI is InChI=1S/C19H19IN2O/c1-4-22(14(3)16-10-8-15(12-21)9-11-16)19(23)17-7-5-6-13(2)18(17)20/h5-11,14H,4H2,1-3H3. The molecule has 0 aromatic heterocycles. The van der Waals surface area contributed by atoms with Gasteiger partial charge in [-0.1, -0.05) is 24.3 Å². The molecule has 118 valence electrons. The van der Waals surface area contributed by atoms with Gasteiger partial charge in [0, 0.05) is 10.1 Å². The van der Waals surface area contributed by atoms with Gasteiger partial charge in [-0.2, -0.15) is 5.26 Å². The van der Waals surface area contributed by atoms with Gasteiger partial charge in [0.25, 0.3) is 5.91 Å². The maximum Gasteiger partial charge on any atom is 0.255 e. The first kappa shape index (κ1) is 17.5. The van der Waals surface area contributed by atoms with Crippen molar-refractivity contribution >= 4 is 28.5 Å². The van der Waals surface area contributed by atoms with E-state index >= 15 is 0 Å². The van der Waals surface area contributed by atoms with Crippen LogP contribution in [-0.2, 0) is 0 Å². The molecule has 0 saturated heterocycles. The third-order valence-corrected chi connectivity index (χ3v) is 5.45. The Morgan fingerprint density at radius 2 is 1.91 bits per heavy atom. The van der Waals surface area contributed by atoms with Gasteiger partial charge in [0.1, 0.15) is 0 Å². The highest BCUT2D eigenvalue weighted by Gasteiger charge is 2.23. The van der Waals surface area contributed by atoms with E-state index in [0.29, 0.717) is 12.1 Å². The maximum absolute atomic E-state index is 13.0. The molecule has 2 aromatic carbocycles. The van der Waals surface area contributed by atoms with Crippen molar-refractivity contribution in [2.45, 2.75) is 26.8 Å². The van der Waals surface area contributed by atoms with Crippen molar-refractivity contribution in [3.8, 4) is 6.07 Å². The van der Waals surface area contributed by atoms with Crippen LogP contribution in [0.5, 0.6) is 0 Å². The second-order valence-electron chi connectivity index (χ2n) is 5.44. The summed E-state index contributed by atoms with van der Waals surface area (Å²) in [6, 6.07) is 15.3. The number of halogens is 1. The van der Waals surface area contributed by atoms with Crippen molar-refractivity contribution in [2.75, 3.05) is 6.54 Å². The lowest BCUT2D eigenvalue weighted by molar-refractivity contribution is 0.0701. The van der Waals surface area contributed by atoms with Crippen LogP contribution in [0.2, 0.25) is 0 Å². The average molecular weight is 418 g/mol. The molecule has 2 aromatic rings. The Morgan fingerprint density at radius 3 is 2.48 bits per heavy atom. The molecule has 1 amide bonds. The number of carbonyl (C=O) groups is 1. The lowest BCUT2D eigenvalue weighted by Crippen LogP contribution is -2.34. The SMILES string of the molecule is CCN(C(=O)c1cccc(C)c1I)C(C)c1ccc(C#N)cc1. The highest BCUT2D eigenvalue weighted by atomic mass is 127. The third kappa shape index (κ3) is 3.73. The Labute approximate surface area is 151 Å². The zero-order valence-electron chi connectivity index (χ0n) is 13.5. The average Bonchev–Trinajstić information content (AvgIpc) is 2.57. The second-order valence-corrected chi connectivity index (χ2v) is 6.52. The molecule has 3 nitrogen and oxygen atoms in total. The fourth-order valence-electron chi connectivity index (χ4n) is 2.58. The first-order valence-corrected chi connectivity index (χ1v) is 8.63. The molecule has 0 heterocycles. The Hall–Kier alpha value is -1.87. The number of nitriles is 1. The summed E-state index contributed by atoms with van der Waals surface area (Å²) < 4.78 is 1.00.